The Morgan fingerprint density at radius 2 is 2.19 bits per heavy atom. The molecule has 2 aromatic rings. The Kier molecular flexibility index (Phi) is 4.39. The van der Waals surface area contributed by atoms with Crippen LogP contribution in [0.1, 0.15) is 35.3 Å². The largest absolute Gasteiger partial charge is 0.477 e. The van der Waals surface area contributed by atoms with Crippen molar-refractivity contribution in [1.29, 1.82) is 5.26 Å². The van der Waals surface area contributed by atoms with E-state index >= 15 is 0 Å². The maximum atomic E-state index is 12.9. The highest BCUT2D eigenvalue weighted by atomic mass is 16.5. The van der Waals surface area contributed by atoms with E-state index in [2.05, 4.69) is 15.1 Å². The molecule has 2 aromatic heterocycles. The van der Waals surface area contributed by atoms with Crippen LogP contribution in [0.3, 0.4) is 0 Å². The van der Waals surface area contributed by atoms with Crippen molar-refractivity contribution in [3.8, 4) is 17.8 Å². The van der Waals surface area contributed by atoms with Crippen molar-refractivity contribution in [2.24, 2.45) is 0 Å². The molecule has 0 spiro atoms. The molecule has 1 fully saturated rings. The number of rotatable bonds is 3. The van der Waals surface area contributed by atoms with E-state index in [9.17, 15) is 4.79 Å². The SMILES string of the molecule is N#Cc1nccnc1OC1CCCN(C(=O)c2cnn3c2OCCC3)C1. The van der Waals surface area contributed by atoms with E-state index in [0.717, 1.165) is 25.8 Å². The van der Waals surface area contributed by atoms with Gasteiger partial charge in [-0.05, 0) is 12.8 Å². The molecular weight excluding hydrogens is 336 g/mol. The van der Waals surface area contributed by atoms with Crippen LogP contribution in [0.4, 0.5) is 0 Å². The maximum absolute atomic E-state index is 12.9. The van der Waals surface area contributed by atoms with Crippen molar-refractivity contribution in [2.45, 2.75) is 31.9 Å². The fourth-order valence-corrected chi connectivity index (χ4v) is 3.25. The Labute approximate surface area is 150 Å². The average Bonchev–Trinajstić information content (AvgIpc) is 3.12. The molecule has 0 aromatic carbocycles. The van der Waals surface area contributed by atoms with Crippen LogP contribution in [0.25, 0.3) is 0 Å². The third-order valence-electron chi connectivity index (χ3n) is 4.49. The van der Waals surface area contributed by atoms with Crippen molar-refractivity contribution in [1.82, 2.24) is 24.6 Å². The lowest BCUT2D eigenvalue weighted by molar-refractivity contribution is 0.0520. The lowest BCUT2D eigenvalue weighted by Crippen LogP contribution is -2.44. The Morgan fingerprint density at radius 3 is 3.08 bits per heavy atom. The summed E-state index contributed by atoms with van der Waals surface area (Å²) >= 11 is 0. The molecule has 2 aliphatic heterocycles. The normalized spacial score (nSPS) is 19.2. The lowest BCUT2D eigenvalue weighted by Gasteiger charge is -2.32. The van der Waals surface area contributed by atoms with Gasteiger partial charge in [0.05, 0.1) is 19.3 Å². The number of carbonyl (C=O) groups excluding carboxylic acids is 1. The van der Waals surface area contributed by atoms with Crippen LogP contribution >= 0.6 is 0 Å². The van der Waals surface area contributed by atoms with Gasteiger partial charge in [0.25, 0.3) is 11.8 Å². The zero-order valence-electron chi connectivity index (χ0n) is 14.2. The van der Waals surface area contributed by atoms with Gasteiger partial charge >= 0.3 is 0 Å². The minimum Gasteiger partial charge on any atom is -0.477 e. The Morgan fingerprint density at radius 1 is 1.31 bits per heavy atom. The second-order valence-corrected chi connectivity index (χ2v) is 6.24. The third-order valence-corrected chi connectivity index (χ3v) is 4.49. The summed E-state index contributed by atoms with van der Waals surface area (Å²) in [6.07, 6.45) is 6.76. The smallest absolute Gasteiger partial charge is 0.261 e. The van der Waals surface area contributed by atoms with Crippen molar-refractivity contribution >= 4 is 5.91 Å². The molecule has 9 heteroatoms. The van der Waals surface area contributed by atoms with Gasteiger partial charge in [0, 0.05) is 31.9 Å². The van der Waals surface area contributed by atoms with Gasteiger partial charge < -0.3 is 14.4 Å². The van der Waals surface area contributed by atoms with E-state index < -0.39 is 0 Å². The standard InChI is InChI=1S/C17H18N6O3/c18-9-14-15(20-5-4-19-14)26-12-3-1-6-22(11-12)16(24)13-10-21-23-7-2-8-25-17(13)23/h4-5,10,12H,1-3,6-8,11H2. The monoisotopic (exact) mass is 354 g/mol. The molecule has 4 heterocycles. The molecule has 134 valence electrons. The number of aryl methyl sites for hydroxylation is 1. The molecule has 4 rings (SSSR count). The Hall–Kier alpha value is -3.15. The van der Waals surface area contributed by atoms with Crippen molar-refractivity contribution in [2.75, 3.05) is 19.7 Å². The van der Waals surface area contributed by atoms with Gasteiger partial charge in [-0.25, -0.2) is 14.6 Å². The lowest BCUT2D eigenvalue weighted by atomic mass is 10.1. The van der Waals surface area contributed by atoms with Gasteiger partial charge in [0.15, 0.2) is 0 Å². The average molecular weight is 354 g/mol. The summed E-state index contributed by atoms with van der Waals surface area (Å²) in [5.41, 5.74) is 0.637. The van der Waals surface area contributed by atoms with Crippen LogP contribution in [0.15, 0.2) is 18.6 Å². The number of amides is 1. The molecule has 9 nitrogen and oxygen atoms in total. The summed E-state index contributed by atoms with van der Waals surface area (Å²) in [6.45, 7) is 2.43. The van der Waals surface area contributed by atoms with E-state index in [4.69, 9.17) is 14.7 Å². The molecular formula is C17H18N6O3. The molecule has 2 aliphatic rings. The minimum absolute atomic E-state index is 0.110. The second-order valence-electron chi connectivity index (χ2n) is 6.24. The van der Waals surface area contributed by atoms with Crippen molar-refractivity contribution in [3.05, 3.63) is 29.8 Å². The van der Waals surface area contributed by atoms with Gasteiger partial charge in [-0.2, -0.15) is 10.4 Å². The van der Waals surface area contributed by atoms with Crippen molar-refractivity contribution < 1.29 is 14.3 Å². The fourth-order valence-electron chi connectivity index (χ4n) is 3.25. The van der Waals surface area contributed by atoms with Gasteiger partial charge in [-0.1, -0.05) is 0 Å². The van der Waals surface area contributed by atoms with E-state index in [1.165, 1.54) is 12.4 Å². The first-order chi connectivity index (χ1) is 12.8. The minimum atomic E-state index is -0.233. The highest BCUT2D eigenvalue weighted by Gasteiger charge is 2.30. The van der Waals surface area contributed by atoms with Crippen LogP contribution in [-0.2, 0) is 6.54 Å². The summed E-state index contributed by atoms with van der Waals surface area (Å²) < 4.78 is 13.2. The van der Waals surface area contributed by atoms with E-state index in [0.29, 0.717) is 31.1 Å². The molecule has 26 heavy (non-hydrogen) atoms. The van der Waals surface area contributed by atoms with Gasteiger partial charge in [-0.15, -0.1) is 0 Å². The second kappa shape index (κ2) is 7.00. The van der Waals surface area contributed by atoms with Gasteiger partial charge in [-0.3, -0.25) is 4.79 Å². The molecule has 1 unspecified atom stereocenters. The third kappa shape index (κ3) is 3.06. The number of piperidine rings is 1. The van der Waals surface area contributed by atoms with E-state index in [-0.39, 0.29) is 23.6 Å². The number of fused-ring (bicyclic) bond motifs is 1. The highest BCUT2D eigenvalue weighted by molar-refractivity contribution is 5.96. The number of aromatic nitrogens is 4. The number of hydrogen-bond donors (Lipinski definition) is 0. The van der Waals surface area contributed by atoms with Crippen LogP contribution in [0.2, 0.25) is 0 Å². The number of likely N-dealkylation sites (tertiary alicyclic amines) is 1. The number of hydrogen-bond acceptors (Lipinski definition) is 7. The molecule has 0 N–H and O–H groups in total. The maximum Gasteiger partial charge on any atom is 0.261 e. The van der Waals surface area contributed by atoms with Gasteiger partial charge in [0.1, 0.15) is 17.7 Å². The van der Waals surface area contributed by atoms with Gasteiger partial charge in [0.2, 0.25) is 11.6 Å². The summed E-state index contributed by atoms with van der Waals surface area (Å²) in [4.78, 5) is 22.7. The number of carbonyl (C=O) groups is 1. The fraction of sp³-hybridized carbons (Fsp3) is 0.471. The molecule has 1 atom stereocenters. The first-order valence-corrected chi connectivity index (χ1v) is 8.62. The van der Waals surface area contributed by atoms with Crippen LogP contribution in [0, 0.1) is 11.3 Å². The summed E-state index contributed by atoms with van der Waals surface area (Å²) in [7, 11) is 0. The summed E-state index contributed by atoms with van der Waals surface area (Å²) in [5, 5.41) is 13.3. The molecule has 0 radical (unpaired) electrons. The predicted molar refractivity (Wildman–Crippen MR) is 88.6 cm³/mol. The molecule has 1 amide bonds. The summed E-state index contributed by atoms with van der Waals surface area (Å²) in [6, 6.07) is 1.97. The van der Waals surface area contributed by atoms with E-state index in [1.807, 2.05) is 6.07 Å². The number of nitriles is 1. The number of ether oxygens (including phenoxy) is 2. The topological polar surface area (TPSA) is 106 Å². The first kappa shape index (κ1) is 16.3. The van der Waals surface area contributed by atoms with Crippen LogP contribution in [-0.4, -0.2) is 56.4 Å². The molecule has 0 saturated carbocycles. The molecule has 1 saturated heterocycles. The molecule has 0 bridgehead atoms. The number of nitrogens with zero attached hydrogens (tertiary/aromatic N) is 6. The molecule has 0 aliphatic carbocycles. The Bertz CT molecular complexity index is 858. The van der Waals surface area contributed by atoms with Crippen LogP contribution in [0.5, 0.6) is 11.8 Å². The van der Waals surface area contributed by atoms with Crippen molar-refractivity contribution in [3.63, 3.8) is 0 Å². The summed E-state index contributed by atoms with van der Waals surface area (Å²) in [5.74, 6) is 0.645. The quantitative estimate of drug-likeness (QED) is 0.810. The zero-order valence-corrected chi connectivity index (χ0v) is 14.2. The predicted octanol–water partition coefficient (Wildman–Crippen LogP) is 1.01. The first-order valence-electron chi connectivity index (χ1n) is 8.62. The Balaban J connectivity index is 1.47. The zero-order chi connectivity index (χ0) is 17.9. The van der Waals surface area contributed by atoms with E-state index in [1.54, 1.807) is 15.8 Å². The van der Waals surface area contributed by atoms with Crippen LogP contribution < -0.4 is 9.47 Å². The highest BCUT2D eigenvalue weighted by Crippen LogP contribution is 2.26.